The van der Waals surface area contributed by atoms with E-state index in [0.717, 1.165) is 0 Å². The quantitative estimate of drug-likeness (QED) is 0.858. The van der Waals surface area contributed by atoms with Crippen molar-refractivity contribution in [1.29, 1.82) is 0 Å². The van der Waals surface area contributed by atoms with Gasteiger partial charge in [-0.15, -0.1) is 11.3 Å². The van der Waals surface area contributed by atoms with Crippen molar-refractivity contribution in [2.45, 2.75) is 26.0 Å². The molecule has 0 saturated heterocycles. The number of rotatable bonds is 4. The number of ether oxygens (including phenoxy) is 1. The molecule has 1 heterocycles. The van der Waals surface area contributed by atoms with E-state index in [1.54, 1.807) is 37.2 Å². The van der Waals surface area contributed by atoms with Gasteiger partial charge in [-0.1, -0.05) is 18.2 Å². The normalized spacial score (nSPS) is 11.8. The van der Waals surface area contributed by atoms with E-state index in [-0.39, 0.29) is 5.91 Å². The number of fused-ring (bicyclic) bond motifs is 1. The maximum Gasteiger partial charge on any atom is 0.254 e. The van der Waals surface area contributed by atoms with Gasteiger partial charge in [-0.05, 0) is 31.4 Å². The first-order valence-corrected chi connectivity index (χ1v) is 7.04. The van der Waals surface area contributed by atoms with Gasteiger partial charge >= 0.3 is 0 Å². The number of likely N-dealkylation sites (N-methyl/N-ethyl adjacent to an activating group) is 1. The Hall–Kier alpha value is -1.39. The molecule has 0 spiro atoms. The molecule has 0 saturated carbocycles. The topological polar surface area (TPSA) is 29.5 Å². The number of methoxy groups -OCH3 is 1. The molecular weight excluding hydrogens is 258 g/mol. The number of hydrogen-bond acceptors (Lipinski definition) is 3. The van der Waals surface area contributed by atoms with Crippen molar-refractivity contribution < 1.29 is 9.53 Å². The second kappa shape index (κ2) is 5.31. The first-order valence-electron chi connectivity index (χ1n) is 6.22. The summed E-state index contributed by atoms with van der Waals surface area (Å²) in [6.07, 6.45) is 0. The molecule has 2 aromatic rings. The average Bonchev–Trinajstić information content (AvgIpc) is 2.79. The molecule has 4 heteroatoms. The monoisotopic (exact) mass is 277 g/mol. The Kier molecular flexibility index (Phi) is 3.92. The number of carbonyl (C=O) groups excluding carboxylic acids is 1. The van der Waals surface area contributed by atoms with Crippen LogP contribution in [0.25, 0.3) is 10.1 Å². The largest absolute Gasteiger partial charge is 0.369 e. The van der Waals surface area contributed by atoms with E-state index in [9.17, 15) is 4.79 Å². The molecule has 3 nitrogen and oxygen atoms in total. The fourth-order valence-corrected chi connectivity index (χ4v) is 3.09. The summed E-state index contributed by atoms with van der Waals surface area (Å²) in [5, 5.41) is 1.23. The molecule has 0 fully saturated rings. The van der Waals surface area contributed by atoms with Crippen LogP contribution in [-0.2, 0) is 16.1 Å². The molecule has 0 aliphatic carbocycles. The molecule has 0 radical (unpaired) electrons. The van der Waals surface area contributed by atoms with Crippen LogP contribution in [0.5, 0.6) is 0 Å². The van der Waals surface area contributed by atoms with Gasteiger partial charge in [0, 0.05) is 23.7 Å². The highest BCUT2D eigenvalue weighted by molar-refractivity contribution is 7.19. The van der Waals surface area contributed by atoms with Crippen LogP contribution in [0.15, 0.2) is 30.3 Å². The van der Waals surface area contributed by atoms with Crippen molar-refractivity contribution >= 4 is 27.3 Å². The summed E-state index contributed by atoms with van der Waals surface area (Å²) in [5.74, 6) is -0.00699. The minimum atomic E-state index is -0.772. The molecule has 0 N–H and O–H groups in total. The van der Waals surface area contributed by atoms with Gasteiger partial charge in [-0.3, -0.25) is 4.79 Å². The third-order valence-corrected chi connectivity index (χ3v) is 4.34. The second-order valence-electron chi connectivity index (χ2n) is 5.13. The Labute approximate surface area is 117 Å². The van der Waals surface area contributed by atoms with Crippen LogP contribution in [0.1, 0.15) is 18.7 Å². The zero-order valence-electron chi connectivity index (χ0n) is 11.8. The summed E-state index contributed by atoms with van der Waals surface area (Å²) in [6, 6.07) is 10.4. The Balaban J connectivity index is 2.14. The number of carbonyl (C=O) groups is 1. The van der Waals surface area contributed by atoms with Gasteiger partial charge in [-0.25, -0.2) is 0 Å². The third-order valence-electron chi connectivity index (χ3n) is 3.24. The van der Waals surface area contributed by atoms with Crippen molar-refractivity contribution in [3.8, 4) is 0 Å². The van der Waals surface area contributed by atoms with Gasteiger partial charge in [0.05, 0.1) is 6.54 Å². The van der Waals surface area contributed by atoms with Crippen LogP contribution in [0.2, 0.25) is 0 Å². The number of nitrogens with zero attached hydrogens (tertiary/aromatic N) is 1. The van der Waals surface area contributed by atoms with Crippen molar-refractivity contribution in [3.63, 3.8) is 0 Å². The lowest BCUT2D eigenvalue weighted by atomic mass is 10.1. The number of amides is 1. The highest BCUT2D eigenvalue weighted by Crippen LogP contribution is 2.26. The number of thiophene rings is 1. The maximum atomic E-state index is 12.2. The van der Waals surface area contributed by atoms with Gasteiger partial charge in [0.2, 0.25) is 0 Å². The summed E-state index contributed by atoms with van der Waals surface area (Å²) >= 11 is 1.73. The van der Waals surface area contributed by atoms with Gasteiger partial charge in [0.1, 0.15) is 5.60 Å². The molecule has 0 atom stereocenters. The fraction of sp³-hybridized carbons (Fsp3) is 0.400. The van der Waals surface area contributed by atoms with E-state index in [4.69, 9.17) is 4.74 Å². The lowest BCUT2D eigenvalue weighted by molar-refractivity contribution is -0.150. The summed E-state index contributed by atoms with van der Waals surface area (Å²) in [6.45, 7) is 4.19. The molecule has 0 aliphatic rings. The van der Waals surface area contributed by atoms with Crippen LogP contribution in [0.4, 0.5) is 0 Å². The van der Waals surface area contributed by atoms with E-state index in [1.807, 2.05) is 19.2 Å². The molecular formula is C15H19NO2S. The first-order chi connectivity index (χ1) is 8.94. The second-order valence-corrected chi connectivity index (χ2v) is 6.29. The molecule has 2 rings (SSSR count). The highest BCUT2D eigenvalue weighted by Gasteiger charge is 2.30. The minimum Gasteiger partial charge on any atom is -0.369 e. The maximum absolute atomic E-state index is 12.2. The predicted molar refractivity (Wildman–Crippen MR) is 79.4 cm³/mol. The van der Waals surface area contributed by atoms with Gasteiger partial charge in [0.15, 0.2) is 0 Å². The van der Waals surface area contributed by atoms with E-state index in [2.05, 4.69) is 18.2 Å². The van der Waals surface area contributed by atoms with Crippen LogP contribution >= 0.6 is 11.3 Å². The lowest BCUT2D eigenvalue weighted by Crippen LogP contribution is -2.44. The highest BCUT2D eigenvalue weighted by atomic mass is 32.1. The van der Waals surface area contributed by atoms with Gasteiger partial charge < -0.3 is 9.64 Å². The predicted octanol–water partition coefficient (Wildman–Crippen LogP) is 3.28. The molecule has 0 bridgehead atoms. The molecule has 1 amide bonds. The van der Waals surface area contributed by atoms with Crippen LogP contribution in [-0.4, -0.2) is 30.6 Å². The zero-order chi connectivity index (χ0) is 14.0. The molecule has 1 aromatic heterocycles. The minimum absolute atomic E-state index is 0.00699. The Bertz CT molecular complexity index is 556. The van der Waals surface area contributed by atoms with E-state index in [1.165, 1.54) is 15.0 Å². The first kappa shape index (κ1) is 14.0. The standard InChI is InChI=1S/C15H19NO2S/c1-15(2,18-4)14(17)16(3)10-12-9-11-7-5-6-8-13(11)19-12/h5-9H,10H2,1-4H3. The average molecular weight is 277 g/mol. The van der Waals surface area contributed by atoms with E-state index in [0.29, 0.717) is 6.54 Å². The smallest absolute Gasteiger partial charge is 0.254 e. The SMILES string of the molecule is COC(C)(C)C(=O)N(C)Cc1cc2ccccc2s1. The summed E-state index contributed by atoms with van der Waals surface area (Å²) in [7, 11) is 3.37. The summed E-state index contributed by atoms with van der Waals surface area (Å²) in [5.41, 5.74) is -0.772. The van der Waals surface area contributed by atoms with Crippen LogP contribution in [0, 0.1) is 0 Å². The number of hydrogen-bond donors (Lipinski definition) is 0. The van der Waals surface area contributed by atoms with Crippen molar-refractivity contribution in [2.24, 2.45) is 0 Å². The zero-order valence-corrected chi connectivity index (χ0v) is 12.6. The Morgan fingerprint density at radius 1 is 1.37 bits per heavy atom. The van der Waals surface area contributed by atoms with Crippen molar-refractivity contribution in [3.05, 3.63) is 35.2 Å². The van der Waals surface area contributed by atoms with Gasteiger partial charge in [-0.2, -0.15) is 0 Å². The summed E-state index contributed by atoms with van der Waals surface area (Å²) in [4.78, 5) is 15.1. The molecule has 1 aromatic carbocycles. The van der Waals surface area contributed by atoms with Crippen molar-refractivity contribution in [1.82, 2.24) is 4.90 Å². The molecule has 19 heavy (non-hydrogen) atoms. The fourth-order valence-electron chi connectivity index (χ4n) is 1.97. The van der Waals surface area contributed by atoms with Crippen LogP contribution < -0.4 is 0 Å². The molecule has 0 aliphatic heterocycles. The Morgan fingerprint density at radius 3 is 2.68 bits per heavy atom. The third kappa shape index (κ3) is 2.96. The Morgan fingerprint density at radius 2 is 2.05 bits per heavy atom. The van der Waals surface area contributed by atoms with E-state index < -0.39 is 5.60 Å². The number of benzene rings is 1. The van der Waals surface area contributed by atoms with Crippen LogP contribution in [0.3, 0.4) is 0 Å². The summed E-state index contributed by atoms with van der Waals surface area (Å²) < 4.78 is 6.48. The van der Waals surface area contributed by atoms with E-state index >= 15 is 0 Å². The lowest BCUT2D eigenvalue weighted by Gasteiger charge is -2.27. The molecule has 102 valence electrons. The van der Waals surface area contributed by atoms with Gasteiger partial charge in [0.25, 0.3) is 5.91 Å². The molecule has 0 unspecified atom stereocenters. The van der Waals surface area contributed by atoms with Crippen molar-refractivity contribution in [2.75, 3.05) is 14.2 Å².